The van der Waals surface area contributed by atoms with E-state index in [1.165, 1.54) is 37.0 Å². The van der Waals surface area contributed by atoms with Gasteiger partial charge in [0.1, 0.15) is 5.82 Å². The predicted octanol–water partition coefficient (Wildman–Crippen LogP) is 2.48. The quantitative estimate of drug-likeness (QED) is 0.790. The Kier molecular flexibility index (Phi) is 5.10. The first-order chi connectivity index (χ1) is 12.3. The second kappa shape index (κ2) is 7.16. The molecule has 0 radical (unpaired) electrons. The van der Waals surface area contributed by atoms with Gasteiger partial charge in [-0.3, -0.25) is 9.10 Å². The summed E-state index contributed by atoms with van der Waals surface area (Å²) in [5, 5.41) is 2.71. The minimum absolute atomic E-state index is 0.0110. The molecule has 1 N–H and O–H groups in total. The van der Waals surface area contributed by atoms with Gasteiger partial charge in [0.15, 0.2) is 0 Å². The lowest BCUT2D eigenvalue weighted by molar-refractivity contribution is 0.0954. The number of amides is 1. The van der Waals surface area contributed by atoms with Crippen molar-refractivity contribution < 1.29 is 17.6 Å². The molecule has 9 heteroatoms. The van der Waals surface area contributed by atoms with E-state index >= 15 is 0 Å². The molecule has 0 unspecified atom stereocenters. The van der Waals surface area contributed by atoms with Crippen LogP contribution in [0.5, 0.6) is 0 Å². The fourth-order valence-electron chi connectivity index (χ4n) is 2.73. The molecule has 0 spiro atoms. The highest BCUT2D eigenvalue weighted by Crippen LogP contribution is 2.39. The van der Waals surface area contributed by atoms with Crippen LogP contribution in [0.15, 0.2) is 47.4 Å². The summed E-state index contributed by atoms with van der Waals surface area (Å²) >= 11 is 1.53. The number of benzene rings is 2. The van der Waals surface area contributed by atoms with E-state index < -0.39 is 16.0 Å². The molecule has 1 heterocycles. The molecule has 2 aromatic rings. The summed E-state index contributed by atoms with van der Waals surface area (Å²) in [6.45, 7) is 0.114. The van der Waals surface area contributed by atoms with Crippen LogP contribution in [0.2, 0.25) is 0 Å². The maximum atomic E-state index is 13.5. The van der Waals surface area contributed by atoms with Crippen LogP contribution in [0.25, 0.3) is 0 Å². The van der Waals surface area contributed by atoms with Crippen molar-refractivity contribution in [2.45, 2.75) is 4.90 Å². The van der Waals surface area contributed by atoms with Crippen LogP contribution in [0, 0.1) is 5.82 Å². The van der Waals surface area contributed by atoms with E-state index in [0.717, 1.165) is 13.5 Å². The van der Waals surface area contributed by atoms with Gasteiger partial charge in [-0.2, -0.15) is 8.42 Å². The molecule has 0 fully saturated rings. The molecule has 0 saturated heterocycles. The number of nitrogens with zero attached hydrogens (tertiary/aromatic N) is 2. The highest BCUT2D eigenvalue weighted by molar-refractivity contribution is 7.98. The fraction of sp³-hybridized carbons (Fsp3) is 0.235. The topological polar surface area (TPSA) is 69.7 Å². The van der Waals surface area contributed by atoms with Gasteiger partial charge in [-0.15, -0.1) is 11.8 Å². The lowest BCUT2D eigenvalue weighted by Gasteiger charge is -2.19. The van der Waals surface area contributed by atoms with E-state index in [2.05, 4.69) is 5.32 Å². The average Bonchev–Trinajstić information content (AvgIpc) is 2.81. The molecule has 138 valence electrons. The Hall–Kier alpha value is -2.26. The average molecular weight is 395 g/mol. The van der Waals surface area contributed by atoms with Gasteiger partial charge < -0.3 is 5.32 Å². The Morgan fingerprint density at radius 1 is 1.19 bits per heavy atom. The Labute approximate surface area is 156 Å². The molecule has 0 atom stereocenters. The number of carbonyl (C=O) groups excluding carboxylic acids is 1. The van der Waals surface area contributed by atoms with Gasteiger partial charge in [0, 0.05) is 30.1 Å². The van der Waals surface area contributed by atoms with Crippen molar-refractivity contribution in [2.24, 2.45) is 0 Å². The molecule has 0 aromatic heterocycles. The van der Waals surface area contributed by atoms with Gasteiger partial charge in [0.25, 0.3) is 5.91 Å². The van der Waals surface area contributed by atoms with Gasteiger partial charge in [0.05, 0.1) is 17.9 Å². The molecular weight excluding hydrogens is 377 g/mol. The molecule has 2 aromatic carbocycles. The number of fused-ring (bicyclic) bond motifs is 1. The molecule has 1 aliphatic heterocycles. The summed E-state index contributed by atoms with van der Waals surface area (Å²) < 4.78 is 40.8. The Bertz CT molecular complexity index is 950. The van der Waals surface area contributed by atoms with E-state index in [4.69, 9.17) is 0 Å². The normalized spacial score (nSPS) is 15.0. The van der Waals surface area contributed by atoms with Crippen molar-refractivity contribution in [3.8, 4) is 0 Å². The smallest absolute Gasteiger partial charge is 0.326 e. The maximum Gasteiger partial charge on any atom is 0.326 e. The number of hydrogen-bond donors (Lipinski definition) is 1. The number of rotatable bonds is 5. The summed E-state index contributed by atoms with van der Waals surface area (Å²) in [5.41, 5.74) is 1.18. The number of hydrogen-bond acceptors (Lipinski definition) is 4. The van der Waals surface area contributed by atoms with Crippen molar-refractivity contribution in [3.05, 3.63) is 53.8 Å². The van der Waals surface area contributed by atoms with Crippen molar-refractivity contribution in [2.75, 3.05) is 35.0 Å². The highest BCUT2D eigenvalue weighted by Gasteiger charge is 2.37. The molecule has 0 aliphatic carbocycles. The first kappa shape index (κ1) is 18.5. The number of nitrogens with one attached hydrogen (secondary N) is 1. The van der Waals surface area contributed by atoms with Crippen LogP contribution in [-0.2, 0) is 10.2 Å². The van der Waals surface area contributed by atoms with Crippen LogP contribution in [0.3, 0.4) is 0 Å². The number of thioether (sulfide) groups is 1. The number of halogens is 1. The fourth-order valence-corrected chi connectivity index (χ4v) is 4.61. The Morgan fingerprint density at radius 2 is 1.96 bits per heavy atom. The van der Waals surface area contributed by atoms with Crippen LogP contribution in [0.4, 0.5) is 15.8 Å². The van der Waals surface area contributed by atoms with Crippen LogP contribution < -0.4 is 13.9 Å². The monoisotopic (exact) mass is 395 g/mol. The second-order valence-corrected chi connectivity index (χ2v) is 8.43. The van der Waals surface area contributed by atoms with Crippen LogP contribution >= 0.6 is 11.8 Å². The summed E-state index contributed by atoms with van der Waals surface area (Å²) in [7, 11) is -2.35. The third kappa shape index (κ3) is 3.36. The van der Waals surface area contributed by atoms with Crippen molar-refractivity contribution in [1.29, 1.82) is 0 Å². The van der Waals surface area contributed by atoms with E-state index in [9.17, 15) is 17.6 Å². The zero-order valence-electron chi connectivity index (χ0n) is 14.3. The van der Waals surface area contributed by atoms with E-state index in [0.29, 0.717) is 11.3 Å². The van der Waals surface area contributed by atoms with E-state index in [-0.39, 0.29) is 24.7 Å². The minimum atomic E-state index is -3.77. The van der Waals surface area contributed by atoms with Gasteiger partial charge in [0.2, 0.25) is 0 Å². The maximum absolute atomic E-state index is 13.5. The third-order valence-electron chi connectivity index (χ3n) is 4.10. The zero-order chi connectivity index (χ0) is 18.9. The SMILES string of the molecule is CSc1cccc(C(=O)NCCN2c3cc(F)ccc3N(C)S2(=O)=O)c1. The Balaban J connectivity index is 1.71. The minimum Gasteiger partial charge on any atom is -0.350 e. The van der Waals surface area contributed by atoms with Gasteiger partial charge in [-0.1, -0.05) is 6.07 Å². The third-order valence-corrected chi connectivity index (χ3v) is 6.65. The van der Waals surface area contributed by atoms with Gasteiger partial charge in [-0.25, -0.2) is 8.70 Å². The van der Waals surface area contributed by atoms with Crippen molar-refractivity contribution in [3.63, 3.8) is 0 Å². The standard InChI is InChI=1S/C17H18FN3O3S2/c1-20-15-7-6-13(18)11-16(15)21(26(20,23)24)9-8-19-17(22)12-4-3-5-14(10-12)25-2/h3-7,10-11H,8-9H2,1-2H3,(H,19,22). The molecule has 3 rings (SSSR count). The summed E-state index contributed by atoms with van der Waals surface area (Å²) in [5.74, 6) is -0.803. The molecule has 0 bridgehead atoms. The second-order valence-electron chi connectivity index (χ2n) is 5.67. The van der Waals surface area contributed by atoms with E-state index in [1.54, 1.807) is 18.2 Å². The van der Waals surface area contributed by atoms with Crippen LogP contribution in [-0.4, -0.2) is 40.7 Å². The molecule has 26 heavy (non-hydrogen) atoms. The molecule has 1 amide bonds. The first-order valence-corrected chi connectivity index (χ1v) is 10.4. The lowest BCUT2D eigenvalue weighted by atomic mass is 10.2. The summed E-state index contributed by atoms with van der Waals surface area (Å²) in [4.78, 5) is 13.2. The number of carbonyl (C=O) groups is 1. The van der Waals surface area contributed by atoms with E-state index in [1.807, 2.05) is 12.3 Å². The van der Waals surface area contributed by atoms with Gasteiger partial charge >= 0.3 is 10.2 Å². The molecule has 1 aliphatic rings. The Morgan fingerprint density at radius 3 is 2.69 bits per heavy atom. The van der Waals surface area contributed by atoms with Crippen molar-refractivity contribution >= 4 is 39.3 Å². The molecular formula is C17H18FN3O3S2. The van der Waals surface area contributed by atoms with Gasteiger partial charge in [-0.05, 0) is 36.6 Å². The zero-order valence-corrected chi connectivity index (χ0v) is 15.9. The van der Waals surface area contributed by atoms with Crippen LogP contribution in [0.1, 0.15) is 10.4 Å². The summed E-state index contributed by atoms with van der Waals surface area (Å²) in [6.07, 6.45) is 1.92. The predicted molar refractivity (Wildman–Crippen MR) is 102 cm³/mol. The highest BCUT2D eigenvalue weighted by atomic mass is 32.2. The molecule has 6 nitrogen and oxygen atoms in total. The number of anilines is 2. The lowest BCUT2D eigenvalue weighted by Crippen LogP contribution is -2.40. The summed E-state index contributed by atoms with van der Waals surface area (Å²) in [6, 6.07) is 11.0. The largest absolute Gasteiger partial charge is 0.350 e. The molecule has 0 saturated carbocycles. The van der Waals surface area contributed by atoms with Crippen molar-refractivity contribution in [1.82, 2.24) is 5.32 Å². The first-order valence-electron chi connectivity index (χ1n) is 7.83.